The van der Waals surface area contributed by atoms with Gasteiger partial charge in [-0.3, -0.25) is 0 Å². The van der Waals surface area contributed by atoms with E-state index < -0.39 is 36.3 Å². The number of alkyl halides is 1. The first-order valence-corrected chi connectivity index (χ1v) is 6.57. The second-order valence-electron chi connectivity index (χ2n) is 4.60. The largest absolute Gasteiger partial charge is 0.394 e. The minimum absolute atomic E-state index is 0.325. The van der Waals surface area contributed by atoms with Gasteiger partial charge in [-0.05, 0) is 0 Å². The Morgan fingerprint density at radius 2 is 1.80 bits per heavy atom. The lowest BCUT2D eigenvalue weighted by Crippen LogP contribution is -2.53. The maximum atomic E-state index is 9.88. The van der Waals surface area contributed by atoms with Gasteiger partial charge >= 0.3 is 0 Å². The number of aliphatic hydroxyl groups is 4. The summed E-state index contributed by atoms with van der Waals surface area (Å²) in [5, 5.41) is 36.8. The normalized spacial score (nSPS) is 39.0. The van der Waals surface area contributed by atoms with Crippen molar-refractivity contribution in [2.24, 2.45) is 0 Å². The third-order valence-electron chi connectivity index (χ3n) is 3.17. The molecule has 4 N–H and O–H groups in total. The third-order valence-corrected chi connectivity index (χ3v) is 3.58. The number of benzene rings is 1. The monoisotopic (exact) mass is 304 g/mol. The molecule has 1 aliphatic heterocycles. The van der Waals surface area contributed by atoms with Crippen LogP contribution in [0.2, 0.25) is 0 Å². The zero-order valence-electron chi connectivity index (χ0n) is 10.6. The number of rotatable bonds is 2. The van der Waals surface area contributed by atoms with Gasteiger partial charge in [0.15, 0.2) is 0 Å². The molecular formula is C13H17ClO6. The van der Waals surface area contributed by atoms with E-state index >= 15 is 0 Å². The summed E-state index contributed by atoms with van der Waals surface area (Å²) in [5.74, 6) is 0. The number of halogens is 1. The lowest BCUT2D eigenvalue weighted by Gasteiger charge is -2.38. The van der Waals surface area contributed by atoms with Gasteiger partial charge in [-0.2, -0.15) is 0 Å². The molecule has 0 saturated carbocycles. The molecule has 1 aromatic rings. The van der Waals surface area contributed by atoms with Crippen LogP contribution in [0.25, 0.3) is 0 Å². The standard InChI is InChI=1S/C13H17ClO6/c14-13(8-4-2-1-3-5-8)19-7-9(16)11(17)12(18)10(6-15)20-13/h1-5,9-12,15-18H,6-7H2/t9-,10+,11-,12-,13?/m0/s1. The number of ether oxygens (including phenoxy) is 2. The highest BCUT2D eigenvalue weighted by atomic mass is 35.5. The van der Waals surface area contributed by atoms with E-state index in [4.69, 9.17) is 21.1 Å². The molecule has 1 fully saturated rings. The fraction of sp³-hybridized carbons (Fsp3) is 0.538. The molecule has 20 heavy (non-hydrogen) atoms. The average molecular weight is 305 g/mol. The summed E-state index contributed by atoms with van der Waals surface area (Å²) in [4.78, 5) is 0. The van der Waals surface area contributed by atoms with Crippen molar-refractivity contribution in [3.8, 4) is 0 Å². The van der Waals surface area contributed by atoms with E-state index in [2.05, 4.69) is 0 Å². The van der Waals surface area contributed by atoms with Crippen LogP contribution < -0.4 is 0 Å². The zero-order chi connectivity index (χ0) is 14.8. The first kappa shape index (κ1) is 15.7. The summed E-state index contributed by atoms with van der Waals surface area (Å²) in [5.41, 5.74) is 0.455. The maximum absolute atomic E-state index is 9.88. The first-order valence-electron chi connectivity index (χ1n) is 6.19. The van der Waals surface area contributed by atoms with Crippen LogP contribution in [0, 0.1) is 0 Å². The molecule has 0 radical (unpaired) electrons. The Labute approximate surface area is 121 Å². The highest BCUT2D eigenvalue weighted by Gasteiger charge is 2.43. The summed E-state index contributed by atoms with van der Waals surface area (Å²) >= 11 is 6.27. The molecule has 112 valence electrons. The number of hydrogen-bond donors (Lipinski definition) is 4. The Hall–Kier alpha value is -0.730. The Morgan fingerprint density at radius 1 is 1.15 bits per heavy atom. The lowest BCUT2D eigenvalue weighted by molar-refractivity contribution is -0.279. The van der Waals surface area contributed by atoms with E-state index in [0.717, 1.165) is 0 Å². The summed E-state index contributed by atoms with van der Waals surface area (Å²) in [7, 11) is 0. The summed E-state index contributed by atoms with van der Waals surface area (Å²) < 4.78 is 10.7. The molecule has 1 saturated heterocycles. The van der Waals surface area contributed by atoms with E-state index in [9.17, 15) is 20.4 Å². The molecule has 0 amide bonds. The van der Waals surface area contributed by atoms with Crippen LogP contribution in [-0.2, 0) is 14.7 Å². The van der Waals surface area contributed by atoms with Gasteiger partial charge in [0.25, 0.3) is 5.25 Å². The van der Waals surface area contributed by atoms with Crippen LogP contribution in [0.1, 0.15) is 5.56 Å². The summed E-state index contributed by atoms with van der Waals surface area (Å²) in [6.45, 7) is -0.912. The minimum atomic E-state index is -1.75. The smallest absolute Gasteiger partial charge is 0.276 e. The van der Waals surface area contributed by atoms with Crippen molar-refractivity contribution in [2.45, 2.75) is 29.7 Å². The first-order chi connectivity index (χ1) is 9.48. The van der Waals surface area contributed by atoms with Crippen LogP contribution in [0.5, 0.6) is 0 Å². The van der Waals surface area contributed by atoms with Crippen molar-refractivity contribution in [3.63, 3.8) is 0 Å². The maximum Gasteiger partial charge on any atom is 0.276 e. The van der Waals surface area contributed by atoms with Gasteiger partial charge in [0, 0.05) is 5.56 Å². The second-order valence-corrected chi connectivity index (χ2v) is 5.10. The van der Waals surface area contributed by atoms with Gasteiger partial charge in [0.1, 0.15) is 24.4 Å². The number of hydrogen-bond acceptors (Lipinski definition) is 6. The molecular weight excluding hydrogens is 288 g/mol. The zero-order valence-corrected chi connectivity index (χ0v) is 11.3. The Morgan fingerprint density at radius 3 is 2.40 bits per heavy atom. The van der Waals surface area contributed by atoms with Crippen LogP contribution in [0.15, 0.2) is 30.3 Å². The Kier molecular flexibility index (Phi) is 4.98. The summed E-state index contributed by atoms with van der Waals surface area (Å²) in [6.07, 6.45) is -5.52. The lowest BCUT2D eigenvalue weighted by atomic mass is 10.0. The van der Waals surface area contributed by atoms with Crippen LogP contribution in [-0.4, -0.2) is 58.1 Å². The predicted octanol–water partition coefficient (Wildman–Crippen LogP) is -0.474. The molecule has 1 aromatic carbocycles. The average Bonchev–Trinajstić information content (AvgIpc) is 2.49. The fourth-order valence-electron chi connectivity index (χ4n) is 1.97. The minimum Gasteiger partial charge on any atom is -0.394 e. The van der Waals surface area contributed by atoms with Gasteiger partial charge in [-0.15, -0.1) is 0 Å². The van der Waals surface area contributed by atoms with E-state index in [1.54, 1.807) is 30.3 Å². The molecule has 1 aliphatic rings. The van der Waals surface area contributed by atoms with Crippen LogP contribution in [0.3, 0.4) is 0 Å². The SMILES string of the molecule is OC[C@H]1OC(Cl)(c2ccccc2)OC[C@H](O)[C@H](O)[C@H]1O. The van der Waals surface area contributed by atoms with Gasteiger partial charge in [0.2, 0.25) is 0 Å². The second kappa shape index (κ2) is 6.36. The van der Waals surface area contributed by atoms with E-state index in [0.29, 0.717) is 5.56 Å². The van der Waals surface area contributed by atoms with E-state index in [-0.39, 0.29) is 6.61 Å². The van der Waals surface area contributed by atoms with Gasteiger partial charge < -0.3 is 29.9 Å². The molecule has 1 heterocycles. The molecule has 2 rings (SSSR count). The fourth-order valence-corrected chi connectivity index (χ4v) is 2.27. The van der Waals surface area contributed by atoms with Crippen molar-refractivity contribution in [1.82, 2.24) is 0 Å². The number of aliphatic hydroxyl groups excluding tert-OH is 4. The Balaban J connectivity index is 2.30. The molecule has 0 spiro atoms. The van der Waals surface area contributed by atoms with Gasteiger partial charge in [-0.25, -0.2) is 0 Å². The van der Waals surface area contributed by atoms with Gasteiger partial charge in [0.05, 0.1) is 13.2 Å². The van der Waals surface area contributed by atoms with E-state index in [1.807, 2.05) is 0 Å². The molecule has 1 unspecified atom stereocenters. The molecule has 0 bridgehead atoms. The van der Waals surface area contributed by atoms with Gasteiger partial charge in [-0.1, -0.05) is 41.9 Å². The molecule has 0 aromatic heterocycles. The Bertz CT molecular complexity index is 430. The van der Waals surface area contributed by atoms with Crippen molar-refractivity contribution >= 4 is 11.6 Å². The molecule has 6 nitrogen and oxygen atoms in total. The van der Waals surface area contributed by atoms with Crippen LogP contribution >= 0.6 is 11.6 Å². The highest BCUT2D eigenvalue weighted by Crippen LogP contribution is 2.36. The highest BCUT2D eigenvalue weighted by molar-refractivity contribution is 6.22. The van der Waals surface area contributed by atoms with Crippen molar-refractivity contribution in [3.05, 3.63) is 35.9 Å². The van der Waals surface area contributed by atoms with Crippen molar-refractivity contribution in [1.29, 1.82) is 0 Å². The van der Waals surface area contributed by atoms with Crippen LogP contribution in [0.4, 0.5) is 0 Å². The quantitative estimate of drug-likeness (QED) is 0.551. The predicted molar refractivity (Wildman–Crippen MR) is 69.9 cm³/mol. The van der Waals surface area contributed by atoms with Crippen molar-refractivity contribution < 1.29 is 29.9 Å². The molecule has 5 atom stereocenters. The summed E-state index contributed by atoms with van der Waals surface area (Å²) in [6, 6.07) is 8.53. The molecule has 7 heteroatoms. The molecule has 0 aliphatic carbocycles. The van der Waals surface area contributed by atoms with Crippen molar-refractivity contribution in [2.75, 3.05) is 13.2 Å². The topological polar surface area (TPSA) is 99.4 Å². The van der Waals surface area contributed by atoms with E-state index in [1.165, 1.54) is 0 Å². The third kappa shape index (κ3) is 3.12.